The Kier molecular flexibility index (Phi) is 8.10. The first-order valence-corrected chi connectivity index (χ1v) is 9.25. The number of carbonyl (C=O) groups is 1. The van der Waals surface area contributed by atoms with Crippen molar-refractivity contribution >= 4 is 29.6 Å². The van der Waals surface area contributed by atoms with Gasteiger partial charge in [-0.3, -0.25) is 10.2 Å². The lowest BCUT2D eigenvalue weighted by molar-refractivity contribution is -0.104. The minimum absolute atomic E-state index is 0.268. The van der Waals surface area contributed by atoms with E-state index < -0.39 is 0 Å². The van der Waals surface area contributed by atoms with E-state index >= 15 is 0 Å². The summed E-state index contributed by atoms with van der Waals surface area (Å²) in [5, 5.41) is 4.26. The van der Waals surface area contributed by atoms with Crippen LogP contribution in [0.15, 0.2) is 65.3 Å². The average molecular weight is 365 g/mol. The number of benzene rings is 2. The van der Waals surface area contributed by atoms with E-state index in [2.05, 4.69) is 41.4 Å². The highest BCUT2D eigenvalue weighted by atomic mass is 16.5. The quantitative estimate of drug-likeness (QED) is 0.232. The molecule has 142 valence electrons. The largest absolute Gasteiger partial charge is 0.476 e. The third-order valence-corrected chi connectivity index (χ3v) is 4.06. The summed E-state index contributed by atoms with van der Waals surface area (Å²) in [7, 11) is 0. The maximum Gasteiger partial charge on any atom is 0.241 e. The highest BCUT2D eigenvalue weighted by Gasteiger charge is 2.09. The van der Waals surface area contributed by atoms with Crippen molar-refractivity contribution < 1.29 is 9.53 Å². The zero-order valence-electron chi connectivity index (χ0n) is 16.2. The summed E-state index contributed by atoms with van der Waals surface area (Å²) < 4.78 is 5.57. The van der Waals surface area contributed by atoms with Crippen LogP contribution in [0.4, 0.5) is 11.4 Å². The number of hydrazone groups is 1. The lowest BCUT2D eigenvalue weighted by Gasteiger charge is -2.20. The first-order valence-electron chi connectivity index (χ1n) is 9.25. The van der Waals surface area contributed by atoms with Gasteiger partial charge in [0.05, 0.1) is 17.9 Å². The van der Waals surface area contributed by atoms with Gasteiger partial charge in [0.1, 0.15) is 0 Å². The minimum Gasteiger partial charge on any atom is -0.476 e. The molecule has 0 aliphatic rings. The average Bonchev–Trinajstić information content (AvgIpc) is 2.72. The van der Waals surface area contributed by atoms with E-state index in [-0.39, 0.29) is 5.90 Å². The van der Waals surface area contributed by atoms with Crippen LogP contribution in [-0.2, 0) is 9.53 Å². The Labute approximate surface area is 161 Å². The Hall–Kier alpha value is -3.08. The van der Waals surface area contributed by atoms with Gasteiger partial charge in [0, 0.05) is 18.8 Å². The van der Waals surface area contributed by atoms with Crippen LogP contribution in [-0.4, -0.2) is 31.9 Å². The van der Waals surface area contributed by atoms with Crippen molar-refractivity contribution in [2.45, 2.75) is 20.8 Å². The van der Waals surface area contributed by atoms with Crippen LogP contribution >= 0.6 is 0 Å². The first kappa shape index (κ1) is 20.2. The molecule has 0 aromatic heterocycles. The second-order valence-electron chi connectivity index (χ2n) is 5.81. The molecule has 5 nitrogen and oxygen atoms in total. The molecule has 0 atom stereocenters. The normalized spacial score (nSPS) is 11.8. The van der Waals surface area contributed by atoms with Gasteiger partial charge in [-0.1, -0.05) is 30.3 Å². The van der Waals surface area contributed by atoms with Crippen molar-refractivity contribution in [2.24, 2.45) is 5.10 Å². The van der Waals surface area contributed by atoms with Gasteiger partial charge < -0.3 is 9.64 Å². The van der Waals surface area contributed by atoms with Gasteiger partial charge in [-0.25, -0.2) is 0 Å². The van der Waals surface area contributed by atoms with Crippen molar-refractivity contribution in [2.75, 3.05) is 30.0 Å². The van der Waals surface area contributed by atoms with Crippen LogP contribution in [0.1, 0.15) is 26.3 Å². The third-order valence-electron chi connectivity index (χ3n) is 4.06. The van der Waals surface area contributed by atoms with E-state index in [1.807, 2.05) is 49.4 Å². The van der Waals surface area contributed by atoms with E-state index in [0.29, 0.717) is 12.2 Å². The van der Waals surface area contributed by atoms with E-state index in [1.54, 1.807) is 6.08 Å². The summed E-state index contributed by atoms with van der Waals surface area (Å²) in [6.45, 7) is 8.45. The van der Waals surface area contributed by atoms with Crippen LogP contribution in [0, 0.1) is 0 Å². The smallest absolute Gasteiger partial charge is 0.241 e. The molecular formula is C22H27N3O2. The molecule has 0 aliphatic carbocycles. The van der Waals surface area contributed by atoms with E-state index in [9.17, 15) is 4.79 Å². The summed E-state index contributed by atoms with van der Waals surface area (Å²) in [6, 6.07) is 17.6. The second kappa shape index (κ2) is 10.8. The number of hydrogen-bond acceptors (Lipinski definition) is 5. The lowest BCUT2D eigenvalue weighted by Crippen LogP contribution is -2.21. The minimum atomic E-state index is 0.268. The van der Waals surface area contributed by atoms with Gasteiger partial charge in [0.25, 0.3) is 0 Å². The SMILES string of the molecule is CCOC(=N/Nc1ccccc1)/C(C=O)=C/c1ccc(N(CC)CC)cc1. The molecule has 5 heteroatoms. The van der Waals surface area contributed by atoms with Crippen molar-refractivity contribution in [1.82, 2.24) is 0 Å². The molecular weight excluding hydrogens is 338 g/mol. The number of aldehydes is 1. The molecule has 0 amide bonds. The van der Waals surface area contributed by atoms with Crippen LogP contribution in [0.2, 0.25) is 0 Å². The zero-order valence-corrected chi connectivity index (χ0v) is 16.2. The summed E-state index contributed by atoms with van der Waals surface area (Å²) in [4.78, 5) is 13.9. The molecule has 27 heavy (non-hydrogen) atoms. The Morgan fingerprint density at radius 1 is 1.04 bits per heavy atom. The fraction of sp³-hybridized carbons (Fsp3) is 0.273. The molecule has 0 saturated carbocycles. The fourth-order valence-corrected chi connectivity index (χ4v) is 2.64. The molecule has 0 fully saturated rings. The Morgan fingerprint density at radius 3 is 2.26 bits per heavy atom. The number of para-hydroxylation sites is 1. The van der Waals surface area contributed by atoms with Gasteiger partial charge in [-0.2, -0.15) is 0 Å². The second-order valence-corrected chi connectivity index (χ2v) is 5.81. The predicted octanol–water partition coefficient (Wildman–Crippen LogP) is 4.58. The highest BCUT2D eigenvalue weighted by Crippen LogP contribution is 2.17. The molecule has 0 bridgehead atoms. The van der Waals surface area contributed by atoms with Gasteiger partial charge >= 0.3 is 0 Å². The number of carbonyl (C=O) groups excluding carboxylic acids is 1. The standard InChI is InChI=1S/C22H27N3O2/c1-4-25(5-2)21-14-12-18(13-15-21)16-19(17-26)22(27-6-3)24-23-20-10-8-7-9-11-20/h7-17,23H,4-6H2,1-3H3/b19-16+,24-22+. The Bertz CT molecular complexity index is 764. The lowest BCUT2D eigenvalue weighted by atomic mass is 10.1. The monoisotopic (exact) mass is 365 g/mol. The van der Waals surface area contributed by atoms with E-state index in [4.69, 9.17) is 4.74 Å². The summed E-state index contributed by atoms with van der Waals surface area (Å²) in [5.74, 6) is 0.268. The number of hydrogen-bond donors (Lipinski definition) is 1. The third kappa shape index (κ3) is 5.99. The topological polar surface area (TPSA) is 53.9 Å². The molecule has 0 unspecified atom stereocenters. The van der Waals surface area contributed by atoms with Gasteiger partial charge in [-0.05, 0) is 56.7 Å². The molecule has 2 aromatic carbocycles. The zero-order chi connectivity index (χ0) is 19.5. The molecule has 0 aliphatic heterocycles. The summed E-state index contributed by atoms with van der Waals surface area (Å²) in [6.07, 6.45) is 2.54. The van der Waals surface area contributed by atoms with Crippen molar-refractivity contribution in [1.29, 1.82) is 0 Å². The molecule has 2 rings (SSSR count). The van der Waals surface area contributed by atoms with E-state index in [0.717, 1.165) is 36.3 Å². The number of nitrogens with zero attached hydrogens (tertiary/aromatic N) is 2. The van der Waals surface area contributed by atoms with Crippen LogP contribution < -0.4 is 10.3 Å². The fourth-order valence-electron chi connectivity index (χ4n) is 2.64. The maximum absolute atomic E-state index is 11.6. The molecule has 0 saturated heterocycles. The predicted molar refractivity (Wildman–Crippen MR) is 113 cm³/mol. The summed E-state index contributed by atoms with van der Waals surface area (Å²) >= 11 is 0. The first-order chi connectivity index (χ1) is 13.2. The van der Waals surface area contributed by atoms with Crippen molar-refractivity contribution in [3.63, 3.8) is 0 Å². The molecule has 2 aromatic rings. The number of ether oxygens (including phenoxy) is 1. The van der Waals surface area contributed by atoms with Gasteiger partial charge in [-0.15, -0.1) is 5.10 Å². The number of nitrogens with one attached hydrogen (secondary N) is 1. The molecule has 1 N–H and O–H groups in total. The Morgan fingerprint density at radius 2 is 1.70 bits per heavy atom. The Balaban J connectivity index is 2.23. The van der Waals surface area contributed by atoms with Crippen LogP contribution in [0.5, 0.6) is 0 Å². The van der Waals surface area contributed by atoms with Crippen LogP contribution in [0.3, 0.4) is 0 Å². The number of rotatable bonds is 9. The van der Waals surface area contributed by atoms with Gasteiger partial charge in [0.15, 0.2) is 6.29 Å². The highest BCUT2D eigenvalue weighted by molar-refractivity contribution is 6.14. The summed E-state index contributed by atoms with van der Waals surface area (Å²) in [5.41, 5.74) is 6.21. The van der Waals surface area contributed by atoms with Crippen LogP contribution in [0.25, 0.3) is 6.08 Å². The molecule has 0 spiro atoms. The van der Waals surface area contributed by atoms with Crippen molar-refractivity contribution in [3.8, 4) is 0 Å². The van der Waals surface area contributed by atoms with Crippen molar-refractivity contribution in [3.05, 3.63) is 65.7 Å². The number of anilines is 2. The van der Waals surface area contributed by atoms with E-state index in [1.165, 1.54) is 0 Å². The molecule has 0 radical (unpaired) electrons. The van der Waals surface area contributed by atoms with Gasteiger partial charge in [0.2, 0.25) is 5.90 Å². The molecule has 0 heterocycles. The maximum atomic E-state index is 11.6.